The zero-order valence-electron chi connectivity index (χ0n) is 19.4. The Hall–Kier alpha value is -0.993. The van der Waals surface area contributed by atoms with Gasteiger partial charge in [-0.15, -0.1) is 0 Å². The summed E-state index contributed by atoms with van der Waals surface area (Å²) in [6.07, 6.45) is 15.5. The summed E-state index contributed by atoms with van der Waals surface area (Å²) in [4.78, 5) is 0. The molecular formula is C28H39HfSi. The van der Waals surface area contributed by atoms with E-state index < -0.39 is 23.7 Å². The number of hydrogen-bond acceptors (Lipinski definition) is 0. The van der Waals surface area contributed by atoms with E-state index in [0.717, 1.165) is 3.67 Å². The number of unbranched alkanes of at least 4 members (excludes halogenated alkanes) is 2. The van der Waals surface area contributed by atoms with Crippen molar-refractivity contribution >= 4 is 5.98 Å². The molecule has 2 heteroatoms. The van der Waals surface area contributed by atoms with E-state index in [-0.39, 0.29) is 0 Å². The molecule has 0 aliphatic heterocycles. The van der Waals surface area contributed by atoms with Crippen LogP contribution in [0, 0.1) is 0 Å². The van der Waals surface area contributed by atoms with Crippen LogP contribution in [-0.4, -0.2) is 5.98 Å². The van der Waals surface area contributed by atoms with Crippen molar-refractivity contribution in [3.8, 4) is 11.1 Å². The topological polar surface area (TPSA) is 0 Å². The van der Waals surface area contributed by atoms with Gasteiger partial charge < -0.3 is 0 Å². The van der Waals surface area contributed by atoms with Gasteiger partial charge in [0.2, 0.25) is 0 Å². The van der Waals surface area contributed by atoms with Crippen LogP contribution in [0.5, 0.6) is 0 Å². The van der Waals surface area contributed by atoms with Crippen LogP contribution in [0.3, 0.4) is 0 Å². The fourth-order valence-electron chi connectivity index (χ4n) is 6.83. The molecule has 0 amide bonds. The van der Waals surface area contributed by atoms with E-state index in [9.17, 15) is 0 Å². The summed E-state index contributed by atoms with van der Waals surface area (Å²) < 4.78 is 7.25. The molecule has 2 aromatic rings. The summed E-state index contributed by atoms with van der Waals surface area (Å²) in [5.41, 5.74) is 6.38. The van der Waals surface area contributed by atoms with Crippen LogP contribution >= 0.6 is 0 Å². The van der Waals surface area contributed by atoms with E-state index in [0.29, 0.717) is 3.67 Å². The quantitative estimate of drug-likeness (QED) is 0.260. The fourth-order valence-corrected chi connectivity index (χ4v) is 66.9. The molecule has 0 saturated heterocycles. The van der Waals surface area contributed by atoms with Gasteiger partial charge in [0, 0.05) is 0 Å². The first-order valence-corrected chi connectivity index (χ1v) is 32.0. The second-order valence-corrected chi connectivity index (χ2v) is 61.0. The molecule has 4 rings (SSSR count). The Bertz CT molecular complexity index is 889. The molecule has 0 bridgehead atoms. The molecule has 0 aromatic heterocycles. The molecule has 0 N–H and O–H groups in total. The Balaban J connectivity index is 1.95. The number of benzene rings is 2. The van der Waals surface area contributed by atoms with Crippen molar-refractivity contribution in [3.63, 3.8) is 0 Å². The summed E-state index contributed by atoms with van der Waals surface area (Å²) in [6, 6.07) is 21.9. The van der Waals surface area contributed by atoms with Crippen molar-refractivity contribution in [1.29, 1.82) is 0 Å². The van der Waals surface area contributed by atoms with E-state index in [4.69, 9.17) is 0 Å². The number of allylic oxidation sites excluding steroid dienone is 4. The number of rotatable bonds is 9. The van der Waals surface area contributed by atoms with Gasteiger partial charge in [-0.05, 0) is 0 Å². The molecule has 0 atom stereocenters. The summed E-state index contributed by atoms with van der Waals surface area (Å²) >= 11 is -3.48. The zero-order chi connectivity index (χ0) is 21.2. The third kappa shape index (κ3) is 3.52. The fraction of sp³-hybridized carbons (Fsp3) is 0.429. The minimum atomic E-state index is -3.48. The van der Waals surface area contributed by atoms with Gasteiger partial charge in [-0.25, -0.2) is 0 Å². The van der Waals surface area contributed by atoms with E-state index in [2.05, 4.69) is 96.0 Å². The number of hydrogen-bond donors (Lipinski definition) is 0. The van der Waals surface area contributed by atoms with Crippen LogP contribution in [0.25, 0.3) is 11.1 Å². The average molecular weight is 582 g/mol. The number of fused-ring (bicyclic) bond motifs is 3. The monoisotopic (exact) mass is 583 g/mol. The summed E-state index contributed by atoms with van der Waals surface area (Å²) in [5, 5.41) is 0. The maximum absolute atomic E-state index is 3.48. The molecule has 2 aliphatic carbocycles. The molecule has 0 unspecified atom stereocenters. The van der Waals surface area contributed by atoms with Crippen LogP contribution in [0.2, 0.25) is 25.1 Å². The zero-order valence-corrected chi connectivity index (χ0v) is 24.2. The maximum atomic E-state index is 2.91. The summed E-state index contributed by atoms with van der Waals surface area (Å²) in [7, 11) is 0. The second-order valence-electron chi connectivity index (χ2n) is 10.6. The first kappa shape index (κ1) is 22.2. The predicted molar refractivity (Wildman–Crippen MR) is 134 cm³/mol. The summed E-state index contributed by atoms with van der Waals surface area (Å²) in [6.45, 7) is 4.77. The third-order valence-electron chi connectivity index (χ3n) is 8.64. The molecule has 0 spiro atoms. The van der Waals surface area contributed by atoms with Crippen molar-refractivity contribution in [2.24, 2.45) is 0 Å². The van der Waals surface area contributed by atoms with Crippen molar-refractivity contribution < 1.29 is 17.7 Å². The molecule has 0 nitrogen and oxygen atoms in total. The molecule has 159 valence electrons. The second kappa shape index (κ2) is 8.86. The van der Waals surface area contributed by atoms with Gasteiger partial charge in [-0.2, -0.15) is 0 Å². The molecule has 0 heterocycles. The standard InChI is InChI=1S/C13H9.C8H19Si.C5H5.2CH3.Hf/c1-3-7-12-10(5-1)9-11-6-2-4-8-13(11)12;1-3-5-7-9-8-6-4-2;1-2-4-5-3-1;;;/h1-9H;9H,3-8H2,1-2H3;1-5H;2*1H3;. The van der Waals surface area contributed by atoms with E-state index in [1.807, 2.05) is 0 Å². The molecule has 0 radical (unpaired) electrons. The molecular weight excluding hydrogens is 543 g/mol. The molecule has 2 aliphatic rings. The van der Waals surface area contributed by atoms with Crippen LogP contribution in [-0.2, 0) is 17.7 Å². The Morgan fingerprint density at radius 1 is 0.733 bits per heavy atom. The third-order valence-corrected chi connectivity index (χ3v) is 71.0. The Morgan fingerprint density at radius 2 is 1.20 bits per heavy atom. The van der Waals surface area contributed by atoms with Gasteiger partial charge in [0.25, 0.3) is 0 Å². The van der Waals surface area contributed by atoms with Gasteiger partial charge in [-0.3, -0.25) is 0 Å². The van der Waals surface area contributed by atoms with E-state index >= 15 is 0 Å². The summed E-state index contributed by atoms with van der Waals surface area (Å²) in [5.74, 6) is -0.921. The predicted octanol–water partition coefficient (Wildman–Crippen LogP) is 8.78. The van der Waals surface area contributed by atoms with Gasteiger partial charge in [-0.1, -0.05) is 0 Å². The van der Waals surface area contributed by atoms with Crippen LogP contribution in [0.1, 0.15) is 54.3 Å². The average Bonchev–Trinajstić information content (AvgIpc) is 3.41. The van der Waals surface area contributed by atoms with Crippen molar-refractivity contribution in [2.45, 2.75) is 68.3 Å². The Morgan fingerprint density at radius 3 is 1.67 bits per heavy atom. The first-order valence-electron chi connectivity index (χ1n) is 12.2. The Kier molecular flexibility index (Phi) is 6.56. The normalized spacial score (nSPS) is 17.3. The van der Waals surface area contributed by atoms with Crippen molar-refractivity contribution in [2.75, 3.05) is 0 Å². The molecule has 30 heavy (non-hydrogen) atoms. The van der Waals surface area contributed by atoms with Gasteiger partial charge >= 0.3 is 187 Å². The van der Waals surface area contributed by atoms with E-state index in [1.54, 1.807) is 23.2 Å². The van der Waals surface area contributed by atoms with Crippen LogP contribution in [0.15, 0.2) is 72.8 Å². The van der Waals surface area contributed by atoms with E-state index in [1.165, 1.54) is 36.8 Å². The Labute approximate surface area is 186 Å². The van der Waals surface area contributed by atoms with Gasteiger partial charge in [0.1, 0.15) is 0 Å². The molecule has 2 aromatic carbocycles. The van der Waals surface area contributed by atoms with Crippen molar-refractivity contribution in [3.05, 3.63) is 84.0 Å². The van der Waals surface area contributed by atoms with Crippen molar-refractivity contribution in [1.82, 2.24) is 0 Å². The SMILES string of the molecule is CCCC[SiH](CCCC)[Hf]([CH3])([CH3])([CH]1C=CC=C1)[CH]1c2ccccc2-c2ccccc21. The molecule has 0 fully saturated rings. The molecule has 0 saturated carbocycles. The minimum absolute atomic E-state index is 0.692. The first-order chi connectivity index (χ1) is 14.5. The van der Waals surface area contributed by atoms with Gasteiger partial charge in [0.05, 0.1) is 0 Å². The van der Waals surface area contributed by atoms with Crippen LogP contribution in [0.4, 0.5) is 0 Å². The van der Waals surface area contributed by atoms with Gasteiger partial charge in [0.15, 0.2) is 0 Å². The van der Waals surface area contributed by atoms with Crippen LogP contribution < -0.4 is 0 Å².